The molecule has 0 saturated carbocycles. The molecule has 1 N–H and O–H groups in total. The highest BCUT2D eigenvalue weighted by Crippen LogP contribution is 2.25. The normalized spacial score (nSPS) is 13.5. The van der Waals surface area contributed by atoms with Gasteiger partial charge in [-0.3, -0.25) is 9.79 Å². The van der Waals surface area contributed by atoms with Gasteiger partial charge >= 0.3 is 5.97 Å². The molecule has 0 aromatic heterocycles. The standard InChI is InChI=1S/C19H21NO3S/c1-15-13-18(16-7-3-2-4-8-16)20-17(15)9-11-23-10-5-6-12-24-14-19(21)22/h2-4,7-8H,9-14H2,1H3,(H,21,22). The second kappa shape index (κ2) is 9.96. The highest BCUT2D eigenvalue weighted by molar-refractivity contribution is 8.00. The summed E-state index contributed by atoms with van der Waals surface area (Å²) in [5.41, 5.74) is 4.71. The summed E-state index contributed by atoms with van der Waals surface area (Å²) in [5.74, 6) is 5.58. The van der Waals surface area contributed by atoms with Crippen LogP contribution in [0.1, 0.15) is 25.3 Å². The number of thioether (sulfide) groups is 1. The minimum absolute atomic E-state index is 0.0880. The molecule has 126 valence electrons. The van der Waals surface area contributed by atoms with E-state index in [9.17, 15) is 4.79 Å². The lowest BCUT2D eigenvalue weighted by atomic mass is 10.0. The van der Waals surface area contributed by atoms with Gasteiger partial charge in [0.15, 0.2) is 0 Å². The lowest BCUT2D eigenvalue weighted by molar-refractivity contribution is -0.133. The van der Waals surface area contributed by atoms with Crippen molar-refractivity contribution in [1.29, 1.82) is 0 Å². The lowest BCUT2D eigenvalue weighted by Crippen LogP contribution is -1.98. The summed E-state index contributed by atoms with van der Waals surface area (Å²) >= 11 is 1.29. The summed E-state index contributed by atoms with van der Waals surface area (Å²) in [7, 11) is 0. The average Bonchev–Trinajstić information content (AvgIpc) is 2.95. The van der Waals surface area contributed by atoms with Crippen molar-refractivity contribution >= 4 is 23.4 Å². The molecule has 0 radical (unpaired) electrons. The number of rotatable bonds is 8. The van der Waals surface area contributed by atoms with Crippen molar-refractivity contribution in [1.82, 2.24) is 0 Å². The molecule has 2 rings (SSSR count). The first-order chi connectivity index (χ1) is 11.7. The number of carboxylic acid groups (broad SMARTS) is 1. The third-order valence-electron chi connectivity index (χ3n) is 3.48. The quantitative estimate of drug-likeness (QED) is 0.581. The maximum absolute atomic E-state index is 10.3. The van der Waals surface area contributed by atoms with Crippen molar-refractivity contribution in [2.45, 2.75) is 19.8 Å². The Morgan fingerprint density at radius 3 is 2.88 bits per heavy atom. The van der Waals surface area contributed by atoms with Gasteiger partial charge in [0.05, 0.1) is 23.8 Å². The maximum Gasteiger partial charge on any atom is 0.313 e. The van der Waals surface area contributed by atoms with Crippen LogP contribution in [0.25, 0.3) is 0 Å². The second-order valence-corrected chi connectivity index (χ2v) is 6.36. The first-order valence-electron chi connectivity index (χ1n) is 7.81. The second-order valence-electron chi connectivity index (χ2n) is 5.37. The fraction of sp³-hybridized carbons (Fsp3) is 0.368. The number of carboxylic acids is 1. The lowest BCUT2D eigenvalue weighted by Gasteiger charge is -2.01. The van der Waals surface area contributed by atoms with Crippen LogP contribution in [0, 0.1) is 11.8 Å². The Bertz CT molecular complexity index is 684. The summed E-state index contributed by atoms with van der Waals surface area (Å²) in [6, 6.07) is 10.2. The van der Waals surface area contributed by atoms with Crippen LogP contribution in [0.5, 0.6) is 0 Å². The molecule has 0 spiro atoms. The third kappa shape index (κ3) is 6.23. The number of nitrogens with zero attached hydrogens (tertiary/aromatic N) is 1. The van der Waals surface area contributed by atoms with Crippen molar-refractivity contribution in [3.8, 4) is 11.8 Å². The monoisotopic (exact) mass is 343 g/mol. The van der Waals surface area contributed by atoms with E-state index in [1.54, 1.807) is 0 Å². The van der Waals surface area contributed by atoms with Crippen molar-refractivity contribution in [3.05, 3.63) is 47.2 Å². The summed E-state index contributed by atoms with van der Waals surface area (Å²) < 4.78 is 5.51. The van der Waals surface area contributed by atoms with Gasteiger partial charge in [0.1, 0.15) is 6.61 Å². The van der Waals surface area contributed by atoms with E-state index >= 15 is 0 Å². The number of hydrogen-bond acceptors (Lipinski definition) is 4. The molecule has 0 fully saturated rings. The number of aliphatic carboxylic acids is 1. The molecule has 1 aliphatic rings. The minimum atomic E-state index is -0.811. The van der Waals surface area contributed by atoms with E-state index in [0.717, 1.165) is 24.3 Å². The Morgan fingerprint density at radius 1 is 1.33 bits per heavy atom. The molecule has 0 saturated heterocycles. The topological polar surface area (TPSA) is 58.9 Å². The van der Waals surface area contributed by atoms with Gasteiger partial charge in [-0.15, -0.1) is 11.8 Å². The van der Waals surface area contributed by atoms with Crippen LogP contribution in [-0.4, -0.2) is 41.5 Å². The van der Waals surface area contributed by atoms with Crippen LogP contribution in [0.3, 0.4) is 0 Å². The Hall–Kier alpha value is -2.03. The number of aliphatic imine (C=N–C) groups is 1. The molecule has 0 aliphatic carbocycles. The maximum atomic E-state index is 10.3. The molecule has 24 heavy (non-hydrogen) atoms. The van der Waals surface area contributed by atoms with E-state index in [-0.39, 0.29) is 5.75 Å². The fourth-order valence-electron chi connectivity index (χ4n) is 2.30. The van der Waals surface area contributed by atoms with Crippen LogP contribution in [0.2, 0.25) is 0 Å². The number of ether oxygens (including phenoxy) is 1. The Morgan fingerprint density at radius 2 is 2.12 bits per heavy atom. The van der Waals surface area contributed by atoms with Gasteiger partial charge in [0.2, 0.25) is 0 Å². The predicted molar refractivity (Wildman–Crippen MR) is 98.5 cm³/mol. The van der Waals surface area contributed by atoms with E-state index in [1.165, 1.54) is 22.9 Å². The van der Waals surface area contributed by atoms with E-state index in [1.807, 2.05) is 18.2 Å². The Kier molecular flexibility index (Phi) is 7.60. The molecule has 5 heteroatoms. The molecular weight excluding hydrogens is 322 g/mol. The van der Waals surface area contributed by atoms with E-state index in [0.29, 0.717) is 19.0 Å². The molecule has 1 aliphatic heterocycles. The largest absolute Gasteiger partial charge is 0.481 e. The number of hydrogen-bond donors (Lipinski definition) is 1. The zero-order valence-corrected chi connectivity index (χ0v) is 14.6. The molecule has 1 heterocycles. The van der Waals surface area contributed by atoms with Gasteiger partial charge in [-0.05, 0) is 18.1 Å². The molecule has 1 aromatic carbocycles. The number of allylic oxidation sites excluding steroid dienone is 1. The zero-order valence-electron chi connectivity index (χ0n) is 13.7. The van der Waals surface area contributed by atoms with Gasteiger partial charge in [0, 0.05) is 18.5 Å². The molecule has 4 nitrogen and oxygen atoms in total. The summed E-state index contributed by atoms with van der Waals surface area (Å²) in [6.45, 7) is 3.08. The van der Waals surface area contributed by atoms with Crippen molar-refractivity contribution in [2.24, 2.45) is 4.99 Å². The Labute approximate surface area is 147 Å². The van der Waals surface area contributed by atoms with Crippen LogP contribution >= 0.6 is 11.8 Å². The number of benzene rings is 1. The van der Waals surface area contributed by atoms with Gasteiger partial charge in [-0.25, -0.2) is 0 Å². The molecular formula is C19H21NO3S. The van der Waals surface area contributed by atoms with Gasteiger partial charge in [-0.1, -0.05) is 42.2 Å². The molecule has 0 bridgehead atoms. The van der Waals surface area contributed by atoms with Crippen LogP contribution in [-0.2, 0) is 9.53 Å². The summed E-state index contributed by atoms with van der Waals surface area (Å²) in [6.07, 6.45) is 1.69. The highest BCUT2D eigenvalue weighted by atomic mass is 32.2. The van der Waals surface area contributed by atoms with Crippen molar-refractivity contribution in [3.63, 3.8) is 0 Å². The fourth-order valence-corrected chi connectivity index (χ4v) is 2.78. The molecule has 0 atom stereocenters. The van der Waals surface area contributed by atoms with Crippen molar-refractivity contribution in [2.75, 3.05) is 24.7 Å². The average molecular weight is 343 g/mol. The van der Waals surface area contributed by atoms with Gasteiger partial charge in [0.25, 0.3) is 0 Å². The third-order valence-corrected chi connectivity index (χ3v) is 4.28. The summed E-state index contributed by atoms with van der Waals surface area (Å²) in [4.78, 5) is 15.1. The molecule has 1 aromatic rings. The van der Waals surface area contributed by atoms with E-state index in [2.05, 4.69) is 30.9 Å². The van der Waals surface area contributed by atoms with Crippen LogP contribution < -0.4 is 0 Å². The highest BCUT2D eigenvalue weighted by Gasteiger charge is 2.15. The van der Waals surface area contributed by atoms with E-state index in [4.69, 9.17) is 14.8 Å². The minimum Gasteiger partial charge on any atom is -0.481 e. The van der Waals surface area contributed by atoms with Crippen LogP contribution in [0.15, 0.2) is 46.6 Å². The first-order valence-corrected chi connectivity index (χ1v) is 8.97. The van der Waals surface area contributed by atoms with Crippen LogP contribution in [0.4, 0.5) is 0 Å². The van der Waals surface area contributed by atoms with Gasteiger partial charge in [-0.2, -0.15) is 0 Å². The smallest absolute Gasteiger partial charge is 0.313 e. The van der Waals surface area contributed by atoms with Gasteiger partial charge < -0.3 is 9.84 Å². The Balaban J connectivity index is 1.67. The van der Waals surface area contributed by atoms with E-state index < -0.39 is 5.97 Å². The zero-order chi connectivity index (χ0) is 17.2. The first kappa shape index (κ1) is 18.3. The summed E-state index contributed by atoms with van der Waals surface area (Å²) in [5, 5.41) is 8.49. The molecule has 0 unspecified atom stereocenters. The number of carbonyl (C=O) groups is 1. The SMILES string of the molecule is CC1=C(CCOCC#CCSCC(=O)O)N=C(c2ccccc2)C1. The molecule has 0 amide bonds. The predicted octanol–water partition coefficient (Wildman–Crippen LogP) is 3.38. The van der Waals surface area contributed by atoms with Crippen molar-refractivity contribution < 1.29 is 14.6 Å².